The van der Waals surface area contributed by atoms with Crippen molar-refractivity contribution in [1.82, 2.24) is 0 Å². The summed E-state index contributed by atoms with van der Waals surface area (Å²) in [5.74, 6) is 1.81. The van der Waals surface area contributed by atoms with Crippen LogP contribution in [0.5, 0.6) is 23.0 Å². The van der Waals surface area contributed by atoms with Crippen LogP contribution >= 0.6 is 9.03 Å². The molecule has 1 aliphatic heterocycles. The number of aryl methyl sites for hydroxylation is 2. The number of rotatable bonds is 7. The van der Waals surface area contributed by atoms with Crippen molar-refractivity contribution in [2.24, 2.45) is 0 Å². The first-order chi connectivity index (χ1) is 27.7. The molecule has 4 aromatic carbocycles. The second-order valence-corrected chi connectivity index (χ2v) is 23.9. The molecule has 334 valence electrons. The van der Waals surface area contributed by atoms with Gasteiger partial charge >= 0.3 is 5.97 Å². The van der Waals surface area contributed by atoms with Gasteiger partial charge < -0.3 is 18.9 Å². The Bertz CT molecular complexity index is 2230. The molecule has 4 aromatic rings. The number of esters is 1. The quantitative estimate of drug-likeness (QED) is 0.114. The number of carbonyl (C=O) groups excluding carboxylic acids is 1. The summed E-state index contributed by atoms with van der Waals surface area (Å²) in [7, 11) is -0.331. The number of aromatic hydroxyl groups is 1. The third-order valence-corrected chi connectivity index (χ3v) is 12.3. The van der Waals surface area contributed by atoms with Crippen molar-refractivity contribution in [1.29, 1.82) is 0 Å². The molecule has 5 nitrogen and oxygen atoms in total. The lowest BCUT2D eigenvalue weighted by Crippen LogP contribution is -2.19. The van der Waals surface area contributed by atoms with E-state index in [9.17, 15) is 9.90 Å². The SMILES string of the molecule is CC.Cc1cc(C2C(=O)Oc3c2cc(C(C)(C)C)cc3C(C)(C)C)cc(C)c1OPOc1c(Cc2cc(C(C)(C)C)cc(C(C)(C)C)c2O)cc(C(C)(C)C)cc1C(C)(C)C. The first-order valence-electron chi connectivity index (χ1n) is 22.3. The third-order valence-electron chi connectivity index (χ3n) is 11.7. The average molecular weight is 851 g/mol. The normalized spacial score (nSPS) is 15.1. The summed E-state index contributed by atoms with van der Waals surface area (Å²) in [6.07, 6.45) is 0.505. The van der Waals surface area contributed by atoms with E-state index >= 15 is 0 Å². The Morgan fingerprint density at radius 2 is 0.951 bits per heavy atom. The third kappa shape index (κ3) is 11.0. The minimum Gasteiger partial charge on any atom is -0.507 e. The summed E-state index contributed by atoms with van der Waals surface area (Å²) in [5, 5.41) is 11.9. The molecule has 0 spiro atoms. The van der Waals surface area contributed by atoms with Gasteiger partial charge in [-0.15, -0.1) is 0 Å². The smallest absolute Gasteiger partial charge is 0.323 e. The predicted molar refractivity (Wildman–Crippen MR) is 260 cm³/mol. The predicted octanol–water partition coefficient (Wildman–Crippen LogP) is 15.4. The molecule has 0 aliphatic carbocycles. The fourth-order valence-corrected chi connectivity index (χ4v) is 8.73. The van der Waals surface area contributed by atoms with E-state index in [0.717, 1.165) is 61.6 Å². The molecule has 0 bridgehead atoms. The van der Waals surface area contributed by atoms with E-state index < -0.39 is 5.92 Å². The van der Waals surface area contributed by atoms with Crippen molar-refractivity contribution < 1.29 is 23.7 Å². The molecule has 0 fully saturated rings. The first-order valence-corrected chi connectivity index (χ1v) is 23.2. The molecule has 0 saturated carbocycles. The van der Waals surface area contributed by atoms with E-state index in [1.165, 1.54) is 16.7 Å². The Labute approximate surface area is 372 Å². The summed E-state index contributed by atoms with van der Waals surface area (Å²) >= 11 is 0. The molecule has 2 atom stereocenters. The van der Waals surface area contributed by atoms with Gasteiger partial charge in [0, 0.05) is 23.1 Å². The number of ether oxygens (including phenoxy) is 1. The van der Waals surface area contributed by atoms with Crippen LogP contribution < -0.4 is 13.8 Å². The summed E-state index contributed by atoms with van der Waals surface area (Å²) in [4.78, 5) is 13.7. The number of benzene rings is 4. The minimum atomic E-state index is -0.524. The zero-order chi connectivity index (χ0) is 46.6. The van der Waals surface area contributed by atoms with Gasteiger partial charge in [-0.3, -0.25) is 4.79 Å². The van der Waals surface area contributed by atoms with Gasteiger partial charge in [0.15, 0.2) is 0 Å². The van der Waals surface area contributed by atoms with E-state index in [4.69, 9.17) is 13.8 Å². The van der Waals surface area contributed by atoms with Crippen LogP contribution in [0.1, 0.15) is 211 Å². The van der Waals surface area contributed by atoms with Crippen molar-refractivity contribution in [2.45, 2.75) is 197 Å². The molecule has 0 radical (unpaired) electrons. The Balaban J connectivity index is 0.00000403. The highest BCUT2D eigenvalue weighted by molar-refractivity contribution is 7.27. The van der Waals surface area contributed by atoms with E-state index in [1.807, 2.05) is 27.7 Å². The van der Waals surface area contributed by atoms with Gasteiger partial charge in [-0.25, -0.2) is 0 Å². The Morgan fingerprint density at radius 1 is 0.541 bits per heavy atom. The monoisotopic (exact) mass is 851 g/mol. The van der Waals surface area contributed by atoms with E-state index in [2.05, 4.69) is 173 Å². The minimum absolute atomic E-state index is 0.0956. The maximum Gasteiger partial charge on any atom is 0.323 e. The largest absolute Gasteiger partial charge is 0.507 e. The summed E-state index contributed by atoms with van der Waals surface area (Å²) < 4.78 is 19.5. The van der Waals surface area contributed by atoms with Crippen LogP contribution in [0.4, 0.5) is 0 Å². The summed E-state index contributed by atoms with van der Waals surface area (Å²) in [6, 6.07) is 17.4. The highest BCUT2D eigenvalue weighted by Crippen LogP contribution is 2.49. The molecule has 5 rings (SSSR count). The Hall–Kier alpha value is -3.82. The molecule has 1 aliphatic rings. The first kappa shape index (κ1) is 49.8. The molecule has 61 heavy (non-hydrogen) atoms. The number of phenolic OH excluding ortho intramolecular Hbond substituents is 1. The number of fused-ring (bicyclic) bond motifs is 1. The van der Waals surface area contributed by atoms with Gasteiger partial charge in [0.25, 0.3) is 9.03 Å². The van der Waals surface area contributed by atoms with Gasteiger partial charge in [0.2, 0.25) is 0 Å². The van der Waals surface area contributed by atoms with Gasteiger partial charge in [0.05, 0.1) is 0 Å². The molecule has 0 amide bonds. The van der Waals surface area contributed by atoms with Gasteiger partial charge in [-0.2, -0.15) is 0 Å². The van der Waals surface area contributed by atoms with Crippen molar-refractivity contribution in [3.05, 3.63) is 115 Å². The maximum atomic E-state index is 13.7. The zero-order valence-electron chi connectivity index (χ0n) is 42.0. The highest BCUT2D eigenvalue weighted by atomic mass is 31.1. The molecular formula is C55H79O5P. The maximum absolute atomic E-state index is 13.7. The molecule has 0 saturated heterocycles. The lowest BCUT2D eigenvalue weighted by atomic mass is 9.76. The van der Waals surface area contributed by atoms with Crippen LogP contribution in [0.15, 0.2) is 48.5 Å². The topological polar surface area (TPSA) is 65.0 Å². The lowest BCUT2D eigenvalue weighted by Gasteiger charge is -2.30. The van der Waals surface area contributed by atoms with Gasteiger partial charge in [-0.05, 0) is 96.4 Å². The van der Waals surface area contributed by atoms with Crippen LogP contribution in [0.2, 0.25) is 0 Å². The van der Waals surface area contributed by atoms with E-state index in [1.54, 1.807) is 0 Å². The fraction of sp³-hybridized carbons (Fsp3) is 0.545. The van der Waals surface area contributed by atoms with E-state index in [0.29, 0.717) is 17.9 Å². The lowest BCUT2D eigenvalue weighted by molar-refractivity contribution is -0.133. The molecule has 2 unspecified atom stereocenters. The number of hydrogen-bond acceptors (Lipinski definition) is 5. The van der Waals surface area contributed by atoms with Crippen molar-refractivity contribution in [2.75, 3.05) is 0 Å². The molecule has 1 N–H and O–H groups in total. The van der Waals surface area contributed by atoms with E-state index in [-0.39, 0.29) is 47.5 Å². The van der Waals surface area contributed by atoms with Crippen LogP contribution in [0.3, 0.4) is 0 Å². The zero-order valence-corrected chi connectivity index (χ0v) is 43.0. The van der Waals surface area contributed by atoms with Crippen molar-refractivity contribution in [3.8, 4) is 23.0 Å². The van der Waals surface area contributed by atoms with Crippen LogP contribution in [0.25, 0.3) is 0 Å². The standard InChI is InChI=1S/C53H73O5P.C2H6/c1-30-21-32(42-38-26-37(50(9,10)11)29-41(53(18,19)20)46(38)56-47(42)55)22-31(2)44(30)57-59-58-45-34(25-36(49(6,7)8)28-40(45)52(15,16)17)23-33-24-35(48(3,4)5)27-39(43(33)54)51(12,13)14;1-2/h21-22,24-29,42,54,59H,23H2,1-20H3;1-2H3. The van der Waals surface area contributed by atoms with Crippen molar-refractivity contribution in [3.63, 3.8) is 0 Å². The van der Waals surface area contributed by atoms with Crippen molar-refractivity contribution >= 4 is 15.0 Å². The highest BCUT2D eigenvalue weighted by Gasteiger charge is 2.40. The summed E-state index contributed by atoms with van der Waals surface area (Å²) in [6.45, 7) is 47.7. The number of phenols is 1. The molecule has 6 heteroatoms. The fourth-order valence-electron chi connectivity index (χ4n) is 7.96. The second-order valence-electron chi connectivity index (χ2n) is 23.3. The van der Waals surface area contributed by atoms with Gasteiger partial charge in [0.1, 0.15) is 28.9 Å². The van der Waals surface area contributed by atoms with Crippen LogP contribution in [0, 0.1) is 13.8 Å². The second kappa shape index (κ2) is 17.4. The average Bonchev–Trinajstić information content (AvgIpc) is 3.43. The van der Waals surface area contributed by atoms with Crippen LogP contribution in [-0.2, 0) is 43.7 Å². The number of carbonyl (C=O) groups is 1. The Morgan fingerprint density at radius 3 is 1.41 bits per heavy atom. The molecular weight excluding hydrogens is 772 g/mol. The van der Waals surface area contributed by atoms with Gasteiger partial charge in [-0.1, -0.05) is 187 Å². The summed E-state index contributed by atoms with van der Waals surface area (Å²) in [5.41, 5.74) is 11.3. The molecule has 1 heterocycles. The number of hydrogen-bond donors (Lipinski definition) is 1. The Kier molecular flexibility index (Phi) is 14.2. The molecule has 0 aromatic heterocycles. The van der Waals surface area contributed by atoms with Crippen LogP contribution in [-0.4, -0.2) is 11.1 Å².